The summed E-state index contributed by atoms with van der Waals surface area (Å²) in [6.07, 6.45) is -13.7. The molecular weight excluding hydrogens is 394 g/mol. The lowest BCUT2D eigenvalue weighted by Crippen LogP contribution is -2.37. The van der Waals surface area contributed by atoms with Crippen LogP contribution in [0.25, 0.3) is 0 Å². The SMILES string of the molecule is CCCC(OS(=O)(=O)CC(F)(F)F)C(C)OS(=O)(=O)CC(F)(F)F. The molecule has 24 heavy (non-hydrogen) atoms. The van der Waals surface area contributed by atoms with E-state index in [0.29, 0.717) is 0 Å². The summed E-state index contributed by atoms with van der Waals surface area (Å²) in [4.78, 5) is 0. The fourth-order valence-corrected chi connectivity index (χ4v) is 3.75. The Morgan fingerprint density at radius 2 is 1.21 bits per heavy atom. The quantitative estimate of drug-likeness (QED) is 0.429. The van der Waals surface area contributed by atoms with Crippen LogP contribution in [0.2, 0.25) is 0 Å². The predicted octanol–water partition coefficient (Wildman–Crippen LogP) is 2.36. The van der Waals surface area contributed by atoms with Crippen molar-refractivity contribution in [2.24, 2.45) is 0 Å². The van der Waals surface area contributed by atoms with Gasteiger partial charge in [-0.25, -0.2) is 0 Å². The molecule has 0 rings (SSSR count). The summed E-state index contributed by atoms with van der Waals surface area (Å²) >= 11 is 0. The van der Waals surface area contributed by atoms with Gasteiger partial charge in [-0.3, -0.25) is 8.37 Å². The third-order valence-electron chi connectivity index (χ3n) is 2.35. The molecule has 0 aromatic heterocycles. The molecule has 0 aromatic rings. The van der Waals surface area contributed by atoms with Gasteiger partial charge in [0.15, 0.2) is 11.5 Å². The second-order valence-corrected chi connectivity index (χ2v) is 8.05. The van der Waals surface area contributed by atoms with Crippen LogP contribution in [0.4, 0.5) is 26.3 Å². The first-order valence-electron chi connectivity index (χ1n) is 6.42. The molecule has 2 atom stereocenters. The van der Waals surface area contributed by atoms with E-state index < -0.39 is 56.3 Å². The van der Waals surface area contributed by atoms with Crippen molar-refractivity contribution in [2.45, 2.75) is 51.2 Å². The summed E-state index contributed by atoms with van der Waals surface area (Å²) in [7, 11) is -10.2. The predicted molar refractivity (Wildman–Crippen MR) is 70.0 cm³/mol. The molecule has 0 N–H and O–H groups in total. The van der Waals surface area contributed by atoms with Gasteiger partial charge in [0.25, 0.3) is 20.2 Å². The van der Waals surface area contributed by atoms with E-state index in [-0.39, 0.29) is 12.8 Å². The summed E-state index contributed by atoms with van der Waals surface area (Å²) in [5, 5.41) is 0. The summed E-state index contributed by atoms with van der Waals surface area (Å²) < 4.78 is 126. The van der Waals surface area contributed by atoms with Crippen molar-refractivity contribution in [1.29, 1.82) is 0 Å². The molecule has 0 bridgehead atoms. The molecule has 0 aliphatic rings. The highest BCUT2D eigenvalue weighted by molar-refractivity contribution is 7.87. The summed E-state index contributed by atoms with van der Waals surface area (Å²) in [5.41, 5.74) is 0. The third-order valence-corrected chi connectivity index (χ3v) is 4.85. The lowest BCUT2D eigenvalue weighted by molar-refractivity contribution is -0.110. The van der Waals surface area contributed by atoms with E-state index >= 15 is 0 Å². The molecule has 0 spiro atoms. The molecular formula is C10H16F6O6S2. The minimum absolute atomic E-state index is 0.152. The highest BCUT2D eigenvalue weighted by Gasteiger charge is 2.40. The maximum atomic E-state index is 12.1. The second-order valence-electron chi connectivity index (χ2n) is 4.86. The van der Waals surface area contributed by atoms with Gasteiger partial charge in [0.1, 0.15) is 12.2 Å². The van der Waals surface area contributed by atoms with Crippen LogP contribution in [-0.4, -0.2) is 52.9 Å². The lowest BCUT2D eigenvalue weighted by Gasteiger charge is -2.23. The molecule has 6 nitrogen and oxygen atoms in total. The Balaban J connectivity index is 5.12. The largest absolute Gasteiger partial charge is 0.405 e. The molecule has 0 radical (unpaired) electrons. The number of hydrogen-bond donors (Lipinski definition) is 0. The van der Waals surface area contributed by atoms with Gasteiger partial charge in [-0.1, -0.05) is 13.3 Å². The van der Waals surface area contributed by atoms with Gasteiger partial charge < -0.3 is 0 Å². The van der Waals surface area contributed by atoms with E-state index in [1.54, 1.807) is 0 Å². The zero-order chi connectivity index (χ0) is 19.4. The topological polar surface area (TPSA) is 86.7 Å². The van der Waals surface area contributed by atoms with Gasteiger partial charge >= 0.3 is 12.4 Å². The molecule has 14 heteroatoms. The highest BCUT2D eigenvalue weighted by Crippen LogP contribution is 2.24. The Morgan fingerprint density at radius 1 is 0.833 bits per heavy atom. The summed E-state index contributed by atoms with van der Waals surface area (Å²) in [6, 6.07) is 0. The van der Waals surface area contributed by atoms with Crippen LogP contribution in [-0.2, 0) is 28.6 Å². The molecule has 0 saturated carbocycles. The van der Waals surface area contributed by atoms with E-state index in [2.05, 4.69) is 8.37 Å². The molecule has 0 aromatic carbocycles. The molecule has 0 aliphatic carbocycles. The standard InChI is InChI=1S/C10H16F6O6S2/c1-3-4-8(22-24(19,20)6-10(14,15)16)7(2)21-23(17,18)5-9(11,12)13/h7-8H,3-6H2,1-2H3. The van der Waals surface area contributed by atoms with Crippen molar-refractivity contribution in [2.75, 3.05) is 11.5 Å². The van der Waals surface area contributed by atoms with Gasteiger partial charge in [-0.15, -0.1) is 0 Å². The van der Waals surface area contributed by atoms with Crippen molar-refractivity contribution in [3.05, 3.63) is 0 Å². The van der Waals surface area contributed by atoms with Crippen LogP contribution in [0.1, 0.15) is 26.7 Å². The number of alkyl halides is 6. The van der Waals surface area contributed by atoms with E-state index in [1.165, 1.54) is 6.92 Å². The summed E-state index contributed by atoms with van der Waals surface area (Å²) in [6.45, 7) is 2.36. The van der Waals surface area contributed by atoms with E-state index in [9.17, 15) is 43.2 Å². The fourth-order valence-electron chi connectivity index (χ4n) is 1.60. The zero-order valence-corrected chi connectivity index (χ0v) is 14.1. The first-order valence-corrected chi connectivity index (χ1v) is 9.57. The van der Waals surface area contributed by atoms with E-state index in [1.807, 2.05) is 0 Å². The molecule has 0 aliphatic heterocycles. The minimum atomic E-state index is -5.12. The smallest absolute Gasteiger partial charge is 0.264 e. The average molecular weight is 410 g/mol. The van der Waals surface area contributed by atoms with Gasteiger partial charge in [0.2, 0.25) is 0 Å². The zero-order valence-electron chi connectivity index (χ0n) is 12.5. The maximum Gasteiger partial charge on any atom is 0.405 e. The van der Waals surface area contributed by atoms with Crippen molar-refractivity contribution < 1.29 is 51.5 Å². The molecule has 0 saturated heterocycles. The van der Waals surface area contributed by atoms with Crippen LogP contribution >= 0.6 is 0 Å². The van der Waals surface area contributed by atoms with Crippen LogP contribution < -0.4 is 0 Å². The maximum absolute atomic E-state index is 12.1. The van der Waals surface area contributed by atoms with Gasteiger partial charge in [-0.2, -0.15) is 43.2 Å². The van der Waals surface area contributed by atoms with Crippen LogP contribution in [0, 0.1) is 0 Å². The van der Waals surface area contributed by atoms with Crippen LogP contribution in [0.3, 0.4) is 0 Å². The third kappa shape index (κ3) is 11.0. The number of halogens is 6. The number of hydrogen-bond acceptors (Lipinski definition) is 6. The Hall–Kier alpha value is -0.600. The first kappa shape index (κ1) is 23.4. The van der Waals surface area contributed by atoms with Crippen molar-refractivity contribution in [1.82, 2.24) is 0 Å². The molecule has 0 fully saturated rings. The first-order chi connectivity index (χ1) is 10.5. The molecule has 146 valence electrons. The van der Waals surface area contributed by atoms with Crippen molar-refractivity contribution >= 4 is 20.2 Å². The van der Waals surface area contributed by atoms with Gasteiger partial charge in [-0.05, 0) is 13.3 Å². The highest BCUT2D eigenvalue weighted by atomic mass is 32.2. The Kier molecular flexibility index (Phi) is 7.98. The average Bonchev–Trinajstić information content (AvgIpc) is 2.19. The normalized spacial score (nSPS) is 16.8. The molecule has 0 heterocycles. The van der Waals surface area contributed by atoms with Crippen molar-refractivity contribution in [3.8, 4) is 0 Å². The Labute approximate surface area is 135 Å². The van der Waals surface area contributed by atoms with E-state index in [4.69, 9.17) is 0 Å². The Morgan fingerprint density at radius 3 is 1.54 bits per heavy atom. The lowest BCUT2D eigenvalue weighted by atomic mass is 10.1. The Bertz CT molecular complexity index is 594. The minimum Gasteiger partial charge on any atom is -0.264 e. The molecule has 2 unspecified atom stereocenters. The number of rotatable bonds is 9. The van der Waals surface area contributed by atoms with Crippen LogP contribution in [0.5, 0.6) is 0 Å². The fraction of sp³-hybridized carbons (Fsp3) is 1.00. The van der Waals surface area contributed by atoms with E-state index in [0.717, 1.165) is 6.92 Å². The second kappa shape index (κ2) is 8.19. The van der Waals surface area contributed by atoms with Crippen LogP contribution in [0.15, 0.2) is 0 Å². The van der Waals surface area contributed by atoms with Crippen molar-refractivity contribution in [3.63, 3.8) is 0 Å². The monoisotopic (exact) mass is 410 g/mol. The van der Waals surface area contributed by atoms with Gasteiger partial charge in [0.05, 0.1) is 0 Å². The molecule has 0 amide bonds. The van der Waals surface area contributed by atoms with Gasteiger partial charge in [0, 0.05) is 0 Å². The summed E-state index contributed by atoms with van der Waals surface area (Å²) in [5.74, 6) is -4.64.